The highest BCUT2D eigenvalue weighted by Gasteiger charge is 2.29. The first-order valence-corrected chi connectivity index (χ1v) is 9.94. The zero-order chi connectivity index (χ0) is 21.0. The second-order valence-corrected chi connectivity index (χ2v) is 7.97. The molecular formula is C21H20N2O5S. The van der Waals surface area contributed by atoms with Crippen molar-refractivity contribution in [1.82, 2.24) is 0 Å². The van der Waals surface area contributed by atoms with Gasteiger partial charge in [-0.25, -0.2) is 9.59 Å². The molecule has 1 aliphatic carbocycles. The van der Waals surface area contributed by atoms with E-state index in [1.807, 2.05) is 6.07 Å². The number of nitrogens with one attached hydrogen (secondary N) is 1. The van der Waals surface area contributed by atoms with Crippen molar-refractivity contribution in [3.05, 3.63) is 51.4 Å². The third-order valence-corrected chi connectivity index (χ3v) is 5.89. The highest BCUT2D eigenvalue weighted by Crippen LogP contribution is 2.40. The summed E-state index contributed by atoms with van der Waals surface area (Å²) in [4.78, 5) is 37.8. The summed E-state index contributed by atoms with van der Waals surface area (Å²) in [6.45, 7) is 1.65. The topological polar surface area (TPSA) is 105 Å². The number of carbonyl (C=O) groups excluding carboxylic acids is 3. The first kappa shape index (κ1) is 20.6. The lowest BCUT2D eigenvalue weighted by molar-refractivity contribution is -0.119. The van der Waals surface area contributed by atoms with Crippen LogP contribution >= 0.6 is 11.3 Å². The number of carbonyl (C=O) groups is 3. The molecule has 1 aromatic heterocycles. The van der Waals surface area contributed by atoms with Gasteiger partial charge in [0, 0.05) is 4.88 Å². The van der Waals surface area contributed by atoms with E-state index in [0.717, 1.165) is 29.7 Å². The maximum atomic E-state index is 12.3. The Balaban J connectivity index is 1.70. The van der Waals surface area contributed by atoms with E-state index in [1.54, 1.807) is 12.1 Å². The van der Waals surface area contributed by atoms with Gasteiger partial charge in [0.2, 0.25) is 0 Å². The normalized spacial score (nSPS) is 15.0. The standard InChI is InChI=1S/C21H20N2O5S/c1-12-6-7-15-16(8-12)29-19(18(15)21(26)27-2)23-17(24)11-28-20(25)14-5-3-4-13(9-14)10-22/h3-5,9,12H,6-8,11H2,1-2H3,(H,23,24)/t12-/m0/s1. The van der Waals surface area contributed by atoms with Crippen LogP contribution < -0.4 is 5.32 Å². The summed E-state index contributed by atoms with van der Waals surface area (Å²) in [5.41, 5.74) is 1.83. The number of thiophene rings is 1. The number of nitriles is 1. The van der Waals surface area contributed by atoms with Crippen molar-refractivity contribution in [3.8, 4) is 6.07 Å². The Morgan fingerprint density at radius 3 is 2.83 bits per heavy atom. The summed E-state index contributed by atoms with van der Waals surface area (Å²) in [6.07, 6.45) is 2.59. The van der Waals surface area contributed by atoms with Gasteiger partial charge in [0.15, 0.2) is 6.61 Å². The summed E-state index contributed by atoms with van der Waals surface area (Å²) >= 11 is 1.36. The van der Waals surface area contributed by atoms with Crippen molar-refractivity contribution in [2.45, 2.75) is 26.2 Å². The molecule has 1 aliphatic rings. The van der Waals surface area contributed by atoms with Gasteiger partial charge in [0.25, 0.3) is 5.91 Å². The number of hydrogen-bond acceptors (Lipinski definition) is 7. The number of hydrogen-bond donors (Lipinski definition) is 1. The molecule has 1 heterocycles. The number of ether oxygens (including phenoxy) is 2. The molecule has 0 spiro atoms. The Morgan fingerprint density at radius 1 is 1.31 bits per heavy atom. The van der Waals surface area contributed by atoms with Crippen molar-refractivity contribution < 1.29 is 23.9 Å². The molecule has 2 aromatic rings. The van der Waals surface area contributed by atoms with Crippen LogP contribution in [0.5, 0.6) is 0 Å². The number of nitrogens with zero attached hydrogens (tertiary/aromatic N) is 1. The number of rotatable bonds is 5. The fourth-order valence-electron chi connectivity index (χ4n) is 3.25. The van der Waals surface area contributed by atoms with Gasteiger partial charge in [-0.1, -0.05) is 13.0 Å². The maximum absolute atomic E-state index is 12.3. The Morgan fingerprint density at radius 2 is 2.10 bits per heavy atom. The van der Waals surface area contributed by atoms with E-state index in [-0.39, 0.29) is 5.56 Å². The van der Waals surface area contributed by atoms with Crippen molar-refractivity contribution >= 4 is 34.2 Å². The molecule has 0 bridgehead atoms. The number of benzene rings is 1. The zero-order valence-electron chi connectivity index (χ0n) is 16.1. The van der Waals surface area contributed by atoms with Gasteiger partial charge in [-0.3, -0.25) is 4.79 Å². The van der Waals surface area contributed by atoms with Gasteiger partial charge in [0.05, 0.1) is 29.9 Å². The average Bonchev–Trinajstić information content (AvgIpc) is 3.08. The van der Waals surface area contributed by atoms with Crippen molar-refractivity contribution in [3.63, 3.8) is 0 Å². The molecule has 0 aliphatic heterocycles. The quantitative estimate of drug-likeness (QED) is 0.755. The Bertz CT molecular complexity index is 1000. The van der Waals surface area contributed by atoms with E-state index in [9.17, 15) is 14.4 Å². The zero-order valence-corrected chi connectivity index (χ0v) is 16.9. The first-order valence-electron chi connectivity index (χ1n) is 9.13. The van der Waals surface area contributed by atoms with Crippen LogP contribution in [0.4, 0.5) is 5.00 Å². The lowest BCUT2D eigenvalue weighted by atomic mass is 9.88. The maximum Gasteiger partial charge on any atom is 0.341 e. The number of amides is 1. The molecule has 0 saturated heterocycles. The number of anilines is 1. The molecule has 1 N–H and O–H groups in total. The van der Waals surface area contributed by atoms with E-state index in [4.69, 9.17) is 14.7 Å². The third kappa shape index (κ3) is 4.63. The minimum absolute atomic E-state index is 0.188. The molecule has 1 atom stereocenters. The summed E-state index contributed by atoms with van der Waals surface area (Å²) in [7, 11) is 1.31. The fourth-order valence-corrected chi connectivity index (χ4v) is 4.66. The molecular weight excluding hydrogens is 392 g/mol. The number of methoxy groups -OCH3 is 1. The van der Waals surface area contributed by atoms with Gasteiger partial charge in [-0.15, -0.1) is 11.3 Å². The second-order valence-electron chi connectivity index (χ2n) is 6.86. The predicted octanol–water partition coefficient (Wildman–Crippen LogP) is 3.33. The van der Waals surface area contributed by atoms with Crippen LogP contribution in [0.2, 0.25) is 0 Å². The van der Waals surface area contributed by atoms with Crippen LogP contribution in [0.1, 0.15) is 50.1 Å². The van der Waals surface area contributed by atoms with Crippen molar-refractivity contribution in [1.29, 1.82) is 5.26 Å². The molecule has 150 valence electrons. The van der Waals surface area contributed by atoms with Gasteiger partial charge >= 0.3 is 11.9 Å². The fraction of sp³-hybridized carbons (Fsp3) is 0.333. The van der Waals surface area contributed by atoms with Crippen LogP contribution in [0.25, 0.3) is 0 Å². The average molecular weight is 412 g/mol. The van der Waals surface area contributed by atoms with Crippen molar-refractivity contribution in [2.24, 2.45) is 5.92 Å². The Labute approximate surface area is 172 Å². The molecule has 0 unspecified atom stereocenters. The molecule has 29 heavy (non-hydrogen) atoms. The van der Waals surface area contributed by atoms with Gasteiger partial charge in [0.1, 0.15) is 5.00 Å². The highest BCUT2D eigenvalue weighted by atomic mass is 32.1. The van der Waals surface area contributed by atoms with Crippen molar-refractivity contribution in [2.75, 3.05) is 19.0 Å². The smallest absolute Gasteiger partial charge is 0.341 e. The largest absolute Gasteiger partial charge is 0.465 e. The molecule has 8 heteroatoms. The molecule has 0 radical (unpaired) electrons. The highest BCUT2D eigenvalue weighted by molar-refractivity contribution is 7.17. The Kier molecular flexibility index (Phi) is 6.29. The SMILES string of the molecule is COC(=O)c1c(NC(=O)COC(=O)c2cccc(C#N)c2)sc2c1CC[C@H](C)C2. The van der Waals surface area contributed by atoms with Gasteiger partial charge < -0.3 is 14.8 Å². The van der Waals surface area contributed by atoms with Crippen LogP contribution in [-0.4, -0.2) is 31.6 Å². The van der Waals surface area contributed by atoms with Crippen LogP contribution in [0.3, 0.4) is 0 Å². The molecule has 7 nitrogen and oxygen atoms in total. The summed E-state index contributed by atoms with van der Waals surface area (Å²) < 4.78 is 9.93. The number of esters is 2. The van der Waals surface area contributed by atoms with E-state index < -0.39 is 24.5 Å². The Hall–Kier alpha value is -3.18. The van der Waals surface area contributed by atoms with E-state index in [1.165, 1.54) is 30.6 Å². The monoisotopic (exact) mass is 412 g/mol. The predicted molar refractivity (Wildman–Crippen MR) is 107 cm³/mol. The molecule has 0 fully saturated rings. The summed E-state index contributed by atoms with van der Waals surface area (Å²) in [5.74, 6) is -1.23. The van der Waals surface area contributed by atoms with Crippen LogP contribution in [0.15, 0.2) is 24.3 Å². The molecule has 3 rings (SSSR count). The molecule has 1 amide bonds. The minimum atomic E-state index is -0.704. The van der Waals surface area contributed by atoms with E-state index in [0.29, 0.717) is 22.0 Å². The molecule has 1 aromatic carbocycles. The van der Waals surface area contributed by atoms with E-state index >= 15 is 0 Å². The lowest BCUT2D eigenvalue weighted by Crippen LogP contribution is -2.22. The van der Waals surface area contributed by atoms with Gasteiger partial charge in [-0.05, 0) is 48.9 Å². The second kappa shape index (κ2) is 8.88. The van der Waals surface area contributed by atoms with Gasteiger partial charge in [-0.2, -0.15) is 5.26 Å². The third-order valence-electron chi connectivity index (χ3n) is 4.72. The summed E-state index contributed by atoms with van der Waals surface area (Å²) in [5, 5.41) is 12.0. The summed E-state index contributed by atoms with van der Waals surface area (Å²) in [6, 6.07) is 7.97. The van der Waals surface area contributed by atoms with E-state index in [2.05, 4.69) is 12.2 Å². The minimum Gasteiger partial charge on any atom is -0.465 e. The molecule has 0 saturated carbocycles. The number of fused-ring (bicyclic) bond motifs is 1. The van der Waals surface area contributed by atoms with Crippen LogP contribution in [-0.2, 0) is 27.1 Å². The first-order chi connectivity index (χ1) is 13.9. The van der Waals surface area contributed by atoms with Crippen LogP contribution in [0, 0.1) is 17.2 Å². The lowest BCUT2D eigenvalue weighted by Gasteiger charge is -2.18.